The van der Waals surface area contributed by atoms with E-state index in [0.29, 0.717) is 23.8 Å². The Balaban J connectivity index is 1.49. The Morgan fingerprint density at radius 1 is 0.972 bits per heavy atom. The van der Waals surface area contributed by atoms with Gasteiger partial charge in [-0.3, -0.25) is 9.59 Å². The second-order valence-corrected chi connectivity index (χ2v) is 10.5. The van der Waals surface area contributed by atoms with Crippen LogP contribution in [0.25, 0.3) is 10.9 Å². The first-order valence-corrected chi connectivity index (χ1v) is 12.9. The summed E-state index contributed by atoms with van der Waals surface area (Å²) in [6, 6.07) is 12.9. The smallest absolute Gasteiger partial charge is 0.246 e. The van der Waals surface area contributed by atoms with Crippen molar-refractivity contribution in [2.24, 2.45) is 5.92 Å². The van der Waals surface area contributed by atoms with Gasteiger partial charge in [0.1, 0.15) is 30.1 Å². The number of carbonyl (C=O) groups excluding carboxylic acids is 2. The summed E-state index contributed by atoms with van der Waals surface area (Å²) in [7, 11) is 3.26. The van der Waals surface area contributed by atoms with Gasteiger partial charge in [-0.05, 0) is 61.4 Å². The van der Waals surface area contributed by atoms with Crippen molar-refractivity contribution >= 4 is 22.7 Å². The van der Waals surface area contributed by atoms with Crippen LogP contribution in [-0.2, 0) is 16.0 Å². The Morgan fingerprint density at radius 3 is 2.50 bits per heavy atom. The van der Waals surface area contributed by atoms with Crippen molar-refractivity contribution in [3.8, 4) is 11.5 Å². The van der Waals surface area contributed by atoms with Crippen LogP contribution in [0.4, 0.5) is 0 Å². The molecule has 1 saturated heterocycles. The van der Waals surface area contributed by atoms with Crippen LogP contribution < -0.4 is 9.47 Å². The Hall–Kier alpha value is -3.48. The number of fused-ring (bicyclic) bond motifs is 4. The maximum absolute atomic E-state index is 14.1. The van der Waals surface area contributed by atoms with E-state index < -0.39 is 12.1 Å². The van der Waals surface area contributed by atoms with Crippen molar-refractivity contribution in [1.29, 1.82) is 0 Å². The van der Waals surface area contributed by atoms with E-state index >= 15 is 0 Å². The zero-order valence-corrected chi connectivity index (χ0v) is 21.1. The zero-order valence-electron chi connectivity index (χ0n) is 21.1. The molecule has 1 N–H and O–H groups in total. The van der Waals surface area contributed by atoms with Gasteiger partial charge in [0.05, 0.1) is 14.2 Å². The predicted octanol–water partition coefficient (Wildman–Crippen LogP) is 4.45. The summed E-state index contributed by atoms with van der Waals surface area (Å²) < 4.78 is 11.3. The molecule has 3 aliphatic rings. The Morgan fingerprint density at radius 2 is 1.75 bits per heavy atom. The number of piperazine rings is 1. The van der Waals surface area contributed by atoms with Gasteiger partial charge in [0, 0.05) is 34.6 Å². The molecule has 3 heterocycles. The zero-order chi connectivity index (χ0) is 25.0. The first kappa shape index (κ1) is 23.0. The number of carbonyl (C=O) groups is 2. The van der Waals surface area contributed by atoms with Crippen LogP contribution in [0.2, 0.25) is 0 Å². The molecule has 1 aliphatic carbocycles. The fraction of sp³-hybridized carbons (Fsp3) is 0.448. The molecule has 1 unspecified atom stereocenters. The highest BCUT2D eigenvalue weighted by Crippen LogP contribution is 2.46. The highest BCUT2D eigenvalue weighted by molar-refractivity contribution is 5.98. The van der Waals surface area contributed by atoms with Gasteiger partial charge in [-0.1, -0.05) is 25.1 Å². The van der Waals surface area contributed by atoms with E-state index in [1.807, 2.05) is 41.3 Å². The van der Waals surface area contributed by atoms with E-state index in [4.69, 9.17) is 9.47 Å². The minimum Gasteiger partial charge on any atom is -0.497 e. The van der Waals surface area contributed by atoms with Gasteiger partial charge in [0.2, 0.25) is 11.8 Å². The van der Waals surface area contributed by atoms with Crippen LogP contribution in [0.1, 0.15) is 55.5 Å². The lowest BCUT2D eigenvalue weighted by Gasteiger charge is -2.49. The number of para-hydroxylation sites is 1. The average molecular weight is 488 g/mol. The molecule has 2 fully saturated rings. The second kappa shape index (κ2) is 8.87. The third-order valence-electron chi connectivity index (χ3n) is 8.45. The summed E-state index contributed by atoms with van der Waals surface area (Å²) >= 11 is 0. The number of aromatic nitrogens is 1. The summed E-state index contributed by atoms with van der Waals surface area (Å²) in [5.74, 6) is 2.07. The lowest BCUT2D eigenvalue weighted by Crippen LogP contribution is -2.65. The van der Waals surface area contributed by atoms with Crippen molar-refractivity contribution < 1.29 is 19.1 Å². The van der Waals surface area contributed by atoms with Crippen LogP contribution in [0.3, 0.4) is 0 Å². The van der Waals surface area contributed by atoms with E-state index in [0.717, 1.165) is 53.4 Å². The molecule has 188 valence electrons. The largest absolute Gasteiger partial charge is 0.497 e. The van der Waals surface area contributed by atoms with E-state index in [1.165, 1.54) is 0 Å². The number of amides is 2. The number of H-pyrrole nitrogens is 1. The fourth-order valence-corrected chi connectivity index (χ4v) is 6.53. The molecular weight excluding hydrogens is 454 g/mol. The van der Waals surface area contributed by atoms with Crippen LogP contribution in [0, 0.1) is 5.92 Å². The molecule has 3 aromatic rings. The molecule has 0 bridgehead atoms. The molecule has 1 aromatic heterocycles. The van der Waals surface area contributed by atoms with E-state index in [9.17, 15) is 9.59 Å². The maximum Gasteiger partial charge on any atom is 0.246 e. The molecule has 0 spiro atoms. The van der Waals surface area contributed by atoms with Gasteiger partial charge in [-0.25, -0.2) is 0 Å². The molecule has 2 aromatic carbocycles. The van der Waals surface area contributed by atoms with Crippen LogP contribution in [0.15, 0.2) is 42.5 Å². The molecule has 7 nitrogen and oxygen atoms in total. The number of nitrogens with zero attached hydrogens (tertiary/aromatic N) is 2. The van der Waals surface area contributed by atoms with Gasteiger partial charge >= 0.3 is 0 Å². The second-order valence-electron chi connectivity index (χ2n) is 10.5. The maximum atomic E-state index is 14.1. The van der Waals surface area contributed by atoms with Crippen LogP contribution in [0.5, 0.6) is 11.5 Å². The lowest BCUT2D eigenvalue weighted by molar-refractivity contribution is -0.161. The van der Waals surface area contributed by atoms with Crippen molar-refractivity contribution in [2.45, 2.75) is 57.2 Å². The summed E-state index contributed by atoms with van der Waals surface area (Å²) in [4.78, 5) is 35.2. The van der Waals surface area contributed by atoms with E-state index in [-0.39, 0.29) is 24.4 Å². The number of ether oxygens (including phenoxy) is 2. The number of hydrogen-bond donors (Lipinski definition) is 1. The molecule has 2 amide bonds. The quantitative estimate of drug-likeness (QED) is 0.590. The summed E-state index contributed by atoms with van der Waals surface area (Å²) in [5, 5.41) is 1.10. The third kappa shape index (κ3) is 3.55. The van der Waals surface area contributed by atoms with Crippen LogP contribution >= 0.6 is 0 Å². The van der Waals surface area contributed by atoms with E-state index in [1.54, 1.807) is 19.1 Å². The molecule has 0 radical (unpaired) electrons. The van der Waals surface area contributed by atoms with Crippen molar-refractivity contribution in [3.63, 3.8) is 0 Å². The Labute approximate surface area is 211 Å². The SMILES string of the molecule is COc1ccc(OC)c(C2c3[nH]c4ccccc4c3C[C@H]3C(=O)N(C4CCC(C)CC4)CC(=O)N23)c1. The molecular formula is C29H33N3O4. The minimum absolute atomic E-state index is 0.0163. The number of nitrogens with one attached hydrogen (secondary N) is 1. The number of rotatable bonds is 4. The number of benzene rings is 2. The van der Waals surface area contributed by atoms with Gasteiger partial charge in [0.15, 0.2) is 0 Å². The topological polar surface area (TPSA) is 74.9 Å². The fourth-order valence-electron chi connectivity index (χ4n) is 6.53. The number of hydrogen-bond acceptors (Lipinski definition) is 4. The molecule has 36 heavy (non-hydrogen) atoms. The first-order valence-electron chi connectivity index (χ1n) is 12.9. The molecule has 7 heteroatoms. The molecule has 1 saturated carbocycles. The molecule has 2 aliphatic heterocycles. The summed E-state index contributed by atoms with van der Waals surface area (Å²) in [6.07, 6.45) is 4.66. The lowest BCUT2D eigenvalue weighted by atomic mass is 9.83. The first-order chi connectivity index (χ1) is 17.5. The van der Waals surface area contributed by atoms with Crippen molar-refractivity contribution in [3.05, 3.63) is 59.3 Å². The average Bonchev–Trinajstić information content (AvgIpc) is 3.28. The molecule has 6 rings (SSSR count). The predicted molar refractivity (Wildman–Crippen MR) is 137 cm³/mol. The third-order valence-corrected chi connectivity index (χ3v) is 8.45. The summed E-state index contributed by atoms with van der Waals surface area (Å²) in [6.45, 7) is 2.40. The Kier molecular flexibility index (Phi) is 5.66. The van der Waals surface area contributed by atoms with Gasteiger partial charge in [-0.2, -0.15) is 0 Å². The minimum atomic E-state index is -0.543. The van der Waals surface area contributed by atoms with Crippen LogP contribution in [-0.4, -0.2) is 59.4 Å². The monoisotopic (exact) mass is 487 g/mol. The number of methoxy groups -OCH3 is 2. The Bertz CT molecular complexity index is 1320. The highest BCUT2D eigenvalue weighted by Gasteiger charge is 2.50. The van der Waals surface area contributed by atoms with E-state index in [2.05, 4.69) is 18.0 Å². The van der Waals surface area contributed by atoms with Gasteiger partial charge in [-0.15, -0.1) is 0 Å². The van der Waals surface area contributed by atoms with Gasteiger partial charge in [0.25, 0.3) is 0 Å². The summed E-state index contributed by atoms with van der Waals surface area (Å²) in [5.41, 5.74) is 3.87. The standard InChI is InChI=1S/C29H33N3O4/c1-17-8-10-18(11-9-17)31-16-26(33)32-24(29(31)34)15-21-20-6-4-5-7-23(20)30-27(21)28(32)22-14-19(35-2)12-13-25(22)36-3/h4-7,12-14,17-18,24,28,30H,8-11,15-16H2,1-3H3/t17?,18?,24-,28?/m0/s1. The van der Waals surface area contributed by atoms with Crippen molar-refractivity contribution in [1.82, 2.24) is 14.8 Å². The van der Waals surface area contributed by atoms with Gasteiger partial charge < -0.3 is 24.3 Å². The molecule has 2 atom stereocenters. The number of aromatic amines is 1. The highest BCUT2D eigenvalue weighted by atomic mass is 16.5. The normalized spacial score (nSPS) is 26.1. The van der Waals surface area contributed by atoms with Crippen molar-refractivity contribution in [2.75, 3.05) is 20.8 Å².